The number of carbonyl (C=O) groups is 2. The van der Waals surface area contributed by atoms with Crippen molar-refractivity contribution in [2.45, 2.75) is 33.0 Å². The van der Waals surface area contributed by atoms with Gasteiger partial charge in [-0.3, -0.25) is 14.3 Å². The second-order valence-electron chi connectivity index (χ2n) is 5.26. The number of aromatic nitrogens is 2. The monoisotopic (exact) mass is 286 g/mol. The number of benzene rings is 1. The summed E-state index contributed by atoms with van der Waals surface area (Å²) in [5.41, 5.74) is 1.89. The minimum atomic E-state index is -0.467. The Morgan fingerprint density at radius 1 is 1.33 bits per heavy atom. The molecular weight excluding hydrogens is 268 g/mol. The highest BCUT2D eigenvalue weighted by Crippen LogP contribution is 2.20. The van der Waals surface area contributed by atoms with E-state index in [0.29, 0.717) is 6.54 Å². The summed E-state index contributed by atoms with van der Waals surface area (Å²) in [6.07, 6.45) is 0. The lowest BCUT2D eigenvalue weighted by atomic mass is 10.1. The smallest absolute Gasteiger partial charge is 0.245 e. The molecule has 0 spiro atoms. The number of rotatable bonds is 3. The lowest BCUT2D eigenvalue weighted by Gasteiger charge is -2.30. The van der Waals surface area contributed by atoms with Crippen LogP contribution in [0.1, 0.15) is 19.5 Å². The number of fused-ring (bicyclic) bond motifs is 1. The molecule has 6 heteroatoms. The Balaban J connectivity index is 1.94. The summed E-state index contributed by atoms with van der Waals surface area (Å²) in [4.78, 5) is 25.3. The highest BCUT2D eigenvalue weighted by Gasteiger charge is 2.30. The molecule has 1 atom stereocenters. The summed E-state index contributed by atoms with van der Waals surface area (Å²) >= 11 is 0. The first kappa shape index (κ1) is 13.6. The molecule has 0 aliphatic carbocycles. The maximum Gasteiger partial charge on any atom is 0.245 e. The summed E-state index contributed by atoms with van der Waals surface area (Å²) in [6, 6.07) is 7.48. The first-order valence-electron chi connectivity index (χ1n) is 7.12. The molecule has 0 radical (unpaired) electrons. The molecule has 1 aliphatic heterocycles. The van der Waals surface area contributed by atoms with Crippen molar-refractivity contribution in [1.29, 1.82) is 0 Å². The zero-order valence-corrected chi connectivity index (χ0v) is 12.2. The van der Waals surface area contributed by atoms with Gasteiger partial charge in [0, 0.05) is 11.9 Å². The molecule has 3 rings (SSSR count). The van der Waals surface area contributed by atoms with E-state index in [1.165, 1.54) is 0 Å². The molecule has 2 aromatic rings. The molecule has 6 nitrogen and oxygen atoms in total. The summed E-state index contributed by atoms with van der Waals surface area (Å²) in [5, 5.41) is 8.25. The predicted molar refractivity (Wildman–Crippen MR) is 78.4 cm³/mol. The van der Waals surface area contributed by atoms with Crippen molar-refractivity contribution in [3.05, 3.63) is 30.0 Å². The number of hydrogen-bond acceptors (Lipinski definition) is 3. The van der Waals surface area contributed by atoms with Crippen molar-refractivity contribution in [1.82, 2.24) is 20.0 Å². The second kappa shape index (κ2) is 5.20. The largest absolute Gasteiger partial charge is 0.343 e. The van der Waals surface area contributed by atoms with Gasteiger partial charge in [-0.05, 0) is 19.9 Å². The molecule has 1 aromatic heterocycles. The van der Waals surface area contributed by atoms with E-state index in [0.717, 1.165) is 23.1 Å². The summed E-state index contributed by atoms with van der Waals surface area (Å²) in [6.45, 7) is 4.96. The molecule has 21 heavy (non-hydrogen) atoms. The SMILES string of the molecule is CCn1nc(CN2CC(=O)NC(C)C2=O)c2ccccc21. The maximum absolute atomic E-state index is 12.2. The number of amides is 2. The Hall–Kier alpha value is -2.37. The number of hydrogen-bond donors (Lipinski definition) is 1. The van der Waals surface area contributed by atoms with Crippen LogP contribution in [-0.4, -0.2) is 39.1 Å². The fourth-order valence-electron chi connectivity index (χ4n) is 2.74. The Labute approximate surface area is 122 Å². The molecule has 1 aliphatic rings. The van der Waals surface area contributed by atoms with Gasteiger partial charge in [0.2, 0.25) is 11.8 Å². The minimum Gasteiger partial charge on any atom is -0.343 e. The molecular formula is C15H18N4O2. The molecule has 110 valence electrons. The fourth-order valence-corrected chi connectivity index (χ4v) is 2.74. The molecule has 2 heterocycles. The number of carbonyl (C=O) groups excluding carboxylic acids is 2. The average molecular weight is 286 g/mol. The third-order valence-corrected chi connectivity index (χ3v) is 3.77. The van der Waals surface area contributed by atoms with Crippen LogP contribution in [0.2, 0.25) is 0 Å². The van der Waals surface area contributed by atoms with Crippen molar-refractivity contribution in [2.24, 2.45) is 0 Å². The standard InChI is InChI=1S/C15H18N4O2/c1-3-19-13-7-5-4-6-11(13)12(17-19)8-18-9-14(20)16-10(2)15(18)21/h4-7,10H,3,8-9H2,1-2H3,(H,16,20). The van der Waals surface area contributed by atoms with E-state index >= 15 is 0 Å². The molecule has 1 unspecified atom stereocenters. The Bertz CT molecular complexity index is 707. The number of aryl methyl sites for hydroxylation is 1. The first-order valence-corrected chi connectivity index (χ1v) is 7.12. The molecule has 1 aromatic carbocycles. The lowest BCUT2D eigenvalue weighted by Crippen LogP contribution is -2.56. The molecule has 0 saturated carbocycles. The third kappa shape index (κ3) is 2.37. The van der Waals surface area contributed by atoms with Crippen molar-refractivity contribution < 1.29 is 9.59 Å². The normalized spacial score (nSPS) is 19.1. The highest BCUT2D eigenvalue weighted by atomic mass is 16.2. The first-order chi connectivity index (χ1) is 10.1. The van der Waals surface area contributed by atoms with Gasteiger partial charge < -0.3 is 10.2 Å². The number of nitrogens with one attached hydrogen (secondary N) is 1. The average Bonchev–Trinajstić information content (AvgIpc) is 2.82. The Morgan fingerprint density at radius 3 is 2.86 bits per heavy atom. The molecule has 1 fully saturated rings. The number of nitrogens with zero attached hydrogens (tertiary/aromatic N) is 3. The van der Waals surface area contributed by atoms with Gasteiger partial charge in [0.25, 0.3) is 0 Å². The van der Waals surface area contributed by atoms with Gasteiger partial charge in [0.05, 0.1) is 17.8 Å². The second-order valence-corrected chi connectivity index (χ2v) is 5.26. The van der Waals surface area contributed by atoms with Gasteiger partial charge in [0.15, 0.2) is 0 Å². The van der Waals surface area contributed by atoms with Crippen LogP contribution in [0.15, 0.2) is 24.3 Å². The molecule has 0 bridgehead atoms. The molecule has 2 amide bonds. The zero-order valence-electron chi connectivity index (χ0n) is 12.2. The number of para-hydroxylation sites is 1. The van der Waals surface area contributed by atoms with Crippen LogP contribution in [0.4, 0.5) is 0 Å². The van der Waals surface area contributed by atoms with Crippen LogP contribution in [-0.2, 0) is 22.7 Å². The van der Waals surface area contributed by atoms with Crippen LogP contribution in [0, 0.1) is 0 Å². The van der Waals surface area contributed by atoms with E-state index in [1.807, 2.05) is 35.9 Å². The van der Waals surface area contributed by atoms with E-state index in [4.69, 9.17) is 0 Å². The fraction of sp³-hybridized carbons (Fsp3) is 0.400. The van der Waals surface area contributed by atoms with Gasteiger partial charge in [-0.25, -0.2) is 0 Å². The number of piperazine rings is 1. The van der Waals surface area contributed by atoms with Gasteiger partial charge in [0.1, 0.15) is 12.6 Å². The van der Waals surface area contributed by atoms with E-state index in [-0.39, 0.29) is 18.4 Å². The van der Waals surface area contributed by atoms with Crippen LogP contribution in [0.3, 0.4) is 0 Å². The van der Waals surface area contributed by atoms with Crippen LogP contribution < -0.4 is 5.32 Å². The lowest BCUT2D eigenvalue weighted by molar-refractivity contribution is -0.144. The van der Waals surface area contributed by atoms with Crippen LogP contribution in [0.5, 0.6) is 0 Å². The Morgan fingerprint density at radius 2 is 2.10 bits per heavy atom. The van der Waals surface area contributed by atoms with Crippen LogP contribution >= 0.6 is 0 Å². The van der Waals surface area contributed by atoms with Crippen LogP contribution in [0.25, 0.3) is 10.9 Å². The van der Waals surface area contributed by atoms with Gasteiger partial charge >= 0.3 is 0 Å². The van der Waals surface area contributed by atoms with Crippen molar-refractivity contribution >= 4 is 22.7 Å². The van der Waals surface area contributed by atoms with Crippen molar-refractivity contribution in [3.63, 3.8) is 0 Å². The minimum absolute atomic E-state index is 0.0651. The van der Waals surface area contributed by atoms with E-state index in [1.54, 1.807) is 11.8 Å². The van der Waals surface area contributed by atoms with Gasteiger partial charge in [-0.2, -0.15) is 5.10 Å². The van der Waals surface area contributed by atoms with Crippen molar-refractivity contribution in [3.8, 4) is 0 Å². The molecule has 1 saturated heterocycles. The summed E-state index contributed by atoms with van der Waals surface area (Å²) in [5.74, 6) is -0.189. The van der Waals surface area contributed by atoms with E-state index < -0.39 is 6.04 Å². The van der Waals surface area contributed by atoms with Crippen molar-refractivity contribution in [2.75, 3.05) is 6.54 Å². The summed E-state index contributed by atoms with van der Waals surface area (Å²) < 4.78 is 1.92. The van der Waals surface area contributed by atoms with E-state index in [9.17, 15) is 9.59 Å². The summed E-state index contributed by atoms with van der Waals surface area (Å²) in [7, 11) is 0. The predicted octanol–water partition coefficient (Wildman–Crippen LogP) is 0.903. The van der Waals surface area contributed by atoms with E-state index in [2.05, 4.69) is 10.4 Å². The topological polar surface area (TPSA) is 67.2 Å². The Kier molecular flexibility index (Phi) is 3.37. The maximum atomic E-state index is 12.2. The van der Waals surface area contributed by atoms with Gasteiger partial charge in [-0.15, -0.1) is 0 Å². The third-order valence-electron chi connectivity index (χ3n) is 3.77. The molecule has 1 N–H and O–H groups in total. The van der Waals surface area contributed by atoms with Gasteiger partial charge in [-0.1, -0.05) is 18.2 Å². The highest BCUT2D eigenvalue weighted by molar-refractivity contribution is 5.94. The zero-order chi connectivity index (χ0) is 15.0. The quantitative estimate of drug-likeness (QED) is 0.911.